The fourth-order valence-electron chi connectivity index (χ4n) is 1.27. The van der Waals surface area contributed by atoms with E-state index in [0.717, 1.165) is 12.2 Å². The minimum Gasteiger partial charge on any atom is -0.497 e. The van der Waals surface area contributed by atoms with Crippen LogP contribution in [0.5, 0.6) is 5.75 Å². The summed E-state index contributed by atoms with van der Waals surface area (Å²) in [6, 6.07) is 7.99. The first-order valence-electron chi connectivity index (χ1n) is 5.23. The molecule has 0 saturated heterocycles. The Kier molecular flexibility index (Phi) is 7.69. The van der Waals surface area contributed by atoms with Crippen LogP contribution in [0.4, 0.5) is 0 Å². The Morgan fingerprint density at radius 1 is 1.41 bits per heavy atom. The average Bonchev–Trinajstić information content (AvgIpc) is 2.29. The van der Waals surface area contributed by atoms with Gasteiger partial charge < -0.3 is 15.4 Å². The average molecular weight is 349 g/mol. The molecule has 0 radical (unpaired) electrons. The Hall–Kier alpha value is -0.980. The molecule has 1 aromatic carbocycles. The molecular weight excluding hydrogens is 329 g/mol. The second kappa shape index (κ2) is 8.16. The summed E-state index contributed by atoms with van der Waals surface area (Å²) in [5, 5.41) is 0. The number of rotatable bonds is 4. The van der Waals surface area contributed by atoms with Crippen LogP contribution >= 0.6 is 24.0 Å². The number of hydrogen-bond donors (Lipinski definition) is 1. The van der Waals surface area contributed by atoms with Crippen LogP contribution in [0, 0.1) is 0 Å². The zero-order valence-electron chi connectivity index (χ0n) is 10.5. The van der Waals surface area contributed by atoms with Crippen molar-refractivity contribution in [2.45, 2.75) is 6.42 Å². The van der Waals surface area contributed by atoms with Crippen LogP contribution in [0.25, 0.3) is 0 Å². The summed E-state index contributed by atoms with van der Waals surface area (Å²) in [4.78, 5) is 6.05. The monoisotopic (exact) mass is 349 g/mol. The molecule has 1 rings (SSSR count). The largest absolute Gasteiger partial charge is 0.497 e. The zero-order valence-corrected chi connectivity index (χ0v) is 12.8. The Balaban J connectivity index is 0.00000256. The minimum atomic E-state index is 0. The van der Waals surface area contributed by atoms with E-state index < -0.39 is 0 Å². The van der Waals surface area contributed by atoms with Crippen molar-refractivity contribution in [1.29, 1.82) is 0 Å². The van der Waals surface area contributed by atoms with Gasteiger partial charge in [0.25, 0.3) is 0 Å². The summed E-state index contributed by atoms with van der Waals surface area (Å²) < 4.78 is 5.15. The van der Waals surface area contributed by atoms with Crippen molar-refractivity contribution in [2.75, 3.05) is 27.7 Å². The number of ether oxygens (including phenoxy) is 1. The van der Waals surface area contributed by atoms with Gasteiger partial charge >= 0.3 is 0 Å². The quantitative estimate of drug-likeness (QED) is 0.512. The SMILES string of the molecule is COc1cccc(CCN=C(N)N(C)C)c1.I. The van der Waals surface area contributed by atoms with E-state index in [9.17, 15) is 0 Å². The van der Waals surface area contributed by atoms with E-state index in [4.69, 9.17) is 10.5 Å². The standard InChI is InChI=1S/C12H19N3O.HI/c1-15(2)12(13)14-8-7-10-5-4-6-11(9-10)16-3;/h4-6,9H,7-8H2,1-3H3,(H2,13,14);1H. The van der Waals surface area contributed by atoms with Crippen LogP contribution in [0.3, 0.4) is 0 Å². The Morgan fingerprint density at radius 3 is 2.71 bits per heavy atom. The van der Waals surface area contributed by atoms with Gasteiger partial charge in [-0.25, -0.2) is 0 Å². The summed E-state index contributed by atoms with van der Waals surface area (Å²) in [6.07, 6.45) is 0.867. The molecule has 0 spiro atoms. The van der Waals surface area contributed by atoms with Gasteiger partial charge in [-0.05, 0) is 24.1 Å². The lowest BCUT2D eigenvalue weighted by Crippen LogP contribution is -2.30. The van der Waals surface area contributed by atoms with Gasteiger partial charge in [0.1, 0.15) is 5.75 Å². The van der Waals surface area contributed by atoms with Crippen LogP contribution in [-0.2, 0) is 6.42 Å². The summed E-state index contributed by atoms with van der Waals surface area (Å²) in [5.74, 6) is 1.44. The number of benzene rings is 1. The highest BCUT2D eigenvalue weighted by Gasteiger charge is 1.96. The molecule has 4 nitrogen and oxygen atoms in total. The van der Waals surface area contributed by atoms with Crippen LogP contribution < -0.4 is 10.5 Å². The van der Waals surface area contributed by atoms with E-state index in [2.05, 4.69) is 11.1 Å². The molecule has 0 atom stereocenters. The van der Waals surface area contributed by atoms with Gasteiger partial charge in [0.15, 0.2) is 5.96 Å². The van der Waals surface area contributed by atoms with Gasteiger partial charge in [0.05, 0.1) is 7.11 Å². The summed E-state index contributed by atoms with van der Waals surface area (Å²) in [5.41, 5.74) is 6.89. The number of nitrogens with two attached hydrogens (primary N) is 1. The van der Waals surface area contributed by atoms with Crippen LogP contribution in [0.1, 0.15) is 5.56 Å². The molecule has 1 aromatic rings. The predicted octanol–water partition coefficient (Wildman–Crippen LogP) is 1.73. The summed E-state index contributed by atoms with van der Waals surface area (Å²) in [6.45, 7) is 0.692. The number of nitrogens with zero attached hydrogens (tertiary/aromatic N) is 2. The fourth-order valence-corrected chi connectivity index (χ4v) is 1.27. The molecule has 0 aromatic heterocycles. The summed E-state index contributed by atoms with van der Waals surface area (Å²) in [7, 11) is 5.43. The van der Waals surface area contributed by atoms with Crippen molar-refractivity contribution in [3.8, 4) is 5.75 Å². The maximum absolute atomic E-state index is 5.69. The number of hydrogen-bond acceptors (Lipinski definition) is 2. The van der Waals surface area contributed by atoms with Gasteiger partial charge in [-0.3, -0.25) is 4.99 Å². The smallest absolute Gasteiger partial charge is 0.190 e. The third-order valence-corrected chi connectivity index (χ3v) is 2.27. The first kappa shape index (κ1) is 16.0. The van der Waals surface area contributed by atoms with Gasteiger partial charge in [-0.2, -0.15) is 0 Å². The number of aliphatic imine (C=N–C) groups is 1. The van der Waals surface area contributed by atoms with Crippen molar-refractivity contribution in [3.63, 3.8) is 0 Å². The Labute approximate surface area is 120 Å². The molecule has 96 valence electrons. The molecule has 0 bridgehead atoms. The first-order valence-corrected chi connectivity index (χ1v) is 5.23. The lowest BCUT2D eigenvalue weighted by molar-refractivity contribution is 0.414. The maximum atomic E-state index is 5.69. The van der Waals surface area contributed by atoms with Crippen molar-refractivity contribution in [3.05, 3.63) is 29.8 Å². The molecule has 2 N–H and O–H groups in total. The number of methoxy groups -OCH3 is 1. The highest BCUT2D eigenvalue weighted by atomic mass is 127. The second-order valence-electron chi connectivity index (χ2n) is 3.74. The van der Waals surface area contributed by atoms with Gasteiger partial charge in [-0.1, -0.05) is 12.1 Å². The van der Waals surface area contributed by atoms with Crippen LogP contribution in [0.15, 0.2) is 29.3 Å². The molecule has 0 fully saturated rings. The van der Waals surface area contributed by atoms with E-state index in [1.165, 1.54) is 5.56 Å². The molecule has 17 heavy (non-hydrogen) atoms. The number of halogens is 1. The van der Waals surface area contributed by atoms with E-state index >= 15 is 0 Å². The molecule has 0 aliphatic heterocycles. The van der Waals surface area contributed by atoms with Crippen molar-refractivity contribution in [1.82, 2.24) is 4.90 Å². The lowest BCUT2D eigenvalue weighted by Gasteiger charge is -2.10. The molecule has 0 saturated carbocycles. The molecule has 0 heterocycles. The van der Waals surface area contributed by atoms with E-state index in [-0.39, 0.29) is 24.0 Å². The normalized spacial score (nSPS) is 10.6. The summed E-state index contributed by atoms with van der Waals surface area (Å²) >= 11 is 0. The van der Waals surface area contributed by atoms with E-state index in [1.54, 1.807) is 12.0 Å². The highest BCUT2D eigenvalue weighted by Crippen LogP contribution is 2.12. The zero-order chi connectivity index (χ0) is 12.0. The van der Waals surface area contributed by atoms with Crippen molar-refractivity contribution >= 4 is 29.9 Å². The topological polar surface area (TPSA) is 50.9 Å². The fraction of sp³-hybridized carbons (Fsp3) is 0.417. The molecule has 5 heteroatoms. The van der Waals surface area contributed by atoms with Gasteiger partial charge in [0.2, 0.25) is 0 Å². The molecule has 0 amide bonds. The molecule has 0 unspecified atom stereocenters. The Morgan fingerprint density at radius 2 is 2.12 bits per heavy atom. The van der Waals surface area contributed by atoms with E-state index in [1.807, 2.05) is 32.3 Å². The van der Waals surface area contributed by atoms with Crippen molar-refractivity contribution < 1.29 is 4.74 Å². The molecule has 0 aliphatic rings. The maximum Gasteiger partial charge on any atom is 0.190 e. The minimum absolute atomic E-state index is 0. The lowest BCUT2D eigenvalue weighted by atomic mass is 10.1. The van der Waals surface area contributed by atoms with Crippen LogP contribution in [-0.4, -0.2) is 38.6 Å². The van der Waals surface area contributed by atoms with Gasteiger partial charge in [-0.15, -0.1) is 24.0 Å². The van der Waals surface area contributed by atoms with Gasteiger partial charge in [0, 0.05) is 20.6 Å². The highest BCUT2D eigenvalue weighted by molar-refractivity contribution is 14.0. The predicted molar refractivity (Wildman–Crippen MR) is 82.3 cm³/mol. The molecule has 0 aliphatic carbocycles. The van der Waals surface area contributed by atoms with E-state index in [0.29, 0.717) is 12.5 Å². The third kappa shape index (κ3) is 5.76. The second-order valence-corrected chi connectivity index (χ2v) is 3.74. The van der Waals surface area contributed by atoms with Crippen LogP contribution in [0.2, 0.25) is 0 Å². The number of guanidine groups is 1. The molecular formula is C12H20IN3O. The Bertz CT molecular complexity index is 367. The first-order chi connectivity index (χ1) is 7.63. The third-order valence-electron chi connectivity index (χ3n) is 2.27. The van der Waals surface area contributed by atoms with Crippen molar-refractivity contribution in [2.24, 2.45) is 10.7 Å².